The lowest BCUT2D eigenvalue weighted by molar-refractivity contribution is 0.597. The Morgan fingerprint density at radius 1 is 1.50 bits per heavy atom. The van der Waals surface area contributed by atoms with Gasteiger partial charge in [0.15, 0.2) is 9.84 Å². The molecule has 0 radical (unpaired) electrons. The molecule has 6 heteroatoms. The van der Waals surface area contributed by atoms with E-state index in [1.165, 1.54) is 0 Å². The molecule has 5 nitrogen and oxygen atoms in total. The molecule has 0 atom stereocenters. The van der Waals surface area contributed by atoms with Crippen LogP contribution >= 0.6 is 0 Å². The molecule has 0 saturated carbocycles. The van der Waals surface area contributed by atoms with Crippen molar-refractivity contribution in [2.24, 2.45) is 0 Å². The molecule has 0 spiro atoms. The summed E-state index contributed by atoms with van der Waals surface area (Å²) in [6.07, 6.45) is 2.25. The van der Waals surface area contributed by atoms with Gasteiger partial charge in [-0.2, -0.15) is 5.10 Å². The number of nitrogens with zero attached hydrogens (tertiary/aromatic N) is 1. The highest BCUT2D eigenvalue weighted by molar-refractivity contribution is 7.91. The van der Waals surface area contributed by atoms with E-state index in [2.05, 4.69) is 10.2 Å². The third-order valence-corrected chi connectivity index (χ3v) is 3.71. The standard InChI is InChI=1S/C8H11N3O2S/c9-8-5-7(10-11-8)6-1-3-14(12,13)4-2-6/h1,5H,2-4H2,(H3,9,10,11). The largest absolute Gasteiger partial charge is 0.382 e. The molecule has 3 N–H and O–H groups in total. The fourth-order valence-electron chi connectivity index (χ4n) is 1.42. The molecule has 0 saturated heterocycles. The average Bonchev–Trinajstić information content (AvgIpc) is 2.52. The van der Waals surface area contributed by atoms with Crippen molar-refractivity contribution in [1.29, 1.82) is 0 Å². The number of sulfone groups is 1. The first-order valence-electron chi connectivity index (χ1n) is 4.27. The summed E-state index contributed by atoms with van der Waals surface area (Å²) in [5.74, 6) is 0.744. The lowest BCUT2D eigenvalue weighted by Gasteiger charge is -2.11. The molecule has 1 aliphatic rings. The van der Waals surface area contributed by atoms with Gasteiger partial charge < -0.3 is 5.73 Å². The summed E-state index contributed by atoms with van der Waals surface area (Å²) in [6.45, 7) is 0. The van der Waals surface area contributed by atoms with E-state index < -0.39 is 9.84 Å². The molecule has 0 aliphatic carbocycles. The second-order valence-corrected chi connectivity index (χ2v) is 5.53. The second-order valence-electron chi connectivity index (χ2n) is 3.30. The molecular weight excluding hydrogens is 202 g/mol. The summed E-state index contributed by atoms with van der Waals surface area (Å²) in [4.78, 5) is 0. The van der Waals surface area contributed by atoms with Gasteiger partial charge in [0.2, 0.25) is 0 Å². The maximum absolute atomic E-state index is 11.1. The van der Waals surface area contributed by atoms with Crippen LogP contribution < -0.4 is 5.73 Å². The number of allylic oxidation sites excluding steroid dienone is 1. The van der Waals surface area contributed by atoms with Crippen molar-refractivity contribution in [2.75, 3.05) is 17.2 Å². The summed E-state index contributed by atoms with van der Waals surface area (Å²) in [7, 11) is -2.86. The van der Waals surface area contributed by atoms with Crippen molar-refractivity contribution in [3.63, 3.8) is 0 Å². The van der Waals surface area contributed by atoms with Gasteiger partial charge in [0.1, 0.15) is 5.82 Å². The molecule has 0 bridgehead atoms. The molecule has 76 valence electrons. The van der Waals surface area contributed by atoms with Crippen molar-refractivity contribution in [1.82, 2.24) is 10.2 Å². The molecular formula is C8H11N3O2S. The Morgan fingerprint density at radius 3 is 2.79 bits per heavy atom. The molecule has 2 rings (SSSR count). The van der Waals surface area contributed by atoms with Gasteiger partial charge in [-0.25, -0.2) is 8.42 Å². The van der Waals surface area contributed by atoms with Crippen molar-refractivity contribution in [3.8, 4) is 0 Å². The first-order chi connectivity index (χ1) is 6.57. The predicted octanol–water partition coefficient (Wildman–Crippen LogP) is 0.194. The molecule has 1 aromatic rings. The Bertz CT molecular complexity index is 473. The van der Waals surface area contributed by atoms with Crippen LogP contribution in [0.5, 0.6) is 0 Å². The van der Waals surface area contributed by atoms with Crippen LogP contribution in [0.1, 0.15) is 12.1 Å². The zero-order chi connectivity index (χ0) is 10.2. The average molecular weight is 213 g/mol. The minimum Gasteiger partial charge on any atom is -0.382 e. The van der Waals surface area contributed by atoms with E-state index in [0.29, 0.717) is 12.2 Å². The molecule has 0 aromatic carbocycles. The topological polar surface area (TPSA) is 88.8 Å². The Morgan fingerprint density at radius 2 is 2.29 bits per heavy atom. The zero-order valence-electron chi connectivity index (χ0n) is 7.53. The number of hydrogen-bond acceptors (Lipinski definition) is 4. The summed E-state index contributed by atoms with van der Waals surface area (Å²) in [5, 5.41) is 6.56. The maximum atomic E-state index is 11.1. The molecule has 0 unspecified atom stereocenters. The van der Waals surface area contributed by atoms with Crippen molar-refractivity contribution >= 4 is 21.2 Å². The van der Waals surface area contributed by atoms with Gasteiger partial charge in [0, 0.05) is 6.07 Å². The van der Waals surface area contributed by atoms with Gasteiger partial charge >= 0.3 is 0 Å². The third kappa shape index (κ3) is 1.79. The quantitative estimate of drug-likeness (QED) is 0.697. The predicted molar refractivity (Wildman–Crippen MR) is 54.2 cm³/mol. The number of aromatic nitrogens is 2. The maximum Gasteiger partial charge on any atom is 0.154 e. The first kappa shape index (κ1) is 9.26. The highest BCUT2D eigenvalue weighted by Gasteiger charge is 2.18. The molecule has 14 heavy (non-hydrogen) atoms. The minimum absolute atomic E-state index is 0.112. The Labute approximate surface area is 81.9 Å². The SMILES string of the molecule is Nc1cc(C2=CCS(=O)(=O)CC2)[nH]n1. The molecule has 0 fully saturated rings. The number of nitrogens with one attached hydrogen (secondary N) is 1. The smallest absolute Gasteiger partial charge is 0.154 e. The van der Waals surface area contributed by atoms with Crippen LogP contribution in [-0.2, 0) is 9.84 Å². The second kappa shape index (κ2) is 3.13. The summed E-state index contributed by atoms with van der Waals surface area (Å²) in [6, 6.07) is 1.71. The van der Waals surface area contributed by atoms with Gasteiger partial charge in [-0.1, -0.05) is 6.08 Å². The molecule has 0 amide bonds. The van der Waals surface area contributed by atoms with Crippen molar-refractivity contribution in [3.05, 3.63) is 17.8 Å². The van der Waals surface area contributed by atoms with Crippen LogP contribution in [-0.4, -0.2) is 30.1 Å². The fraction of sp³-hybridized carbons (Fsp3) is 0.375. The number of anilines is 1. The third-order valence-electron chi connectivity index (χ3n) is 2.21. The van der Waals surface area contributed by atoms with E-state index in [1.54, 1.807) is 12.1 Å². The summed E-state index contributed by atoms with van der Waals surface area (Å²) >= 11 is 0. The van der Waals surface area contributed by atoms with Crippen LogP contribution in [0.25, 0.3) is 5.57 Å². The van der Waals surface area contributed by atoms with E-state index in [1.807, 2.05) is 0 Å². The Balaban J connectivity index is 2.26. The Hall–Kier alpha value is -1.30. The number of H-pyrrole nitrogens is 1. The summed E-state index contributed by atoms with van der Waals surface area (Å²) < 4.78 is 22.3. The number of nitrogens with two attached hydrogens (primary N) is 1. The first-order valence-corrected chi connectivity index (χ1v) is 6.10. The van der Waals surface area contributed by atoms with E-state index in [0.717, 1.165) is 11.3 Å². The van der Waals surface area contributed by atoms with Crippen molar-refractivity contribution in [2.45, 2.75) is 6.42 Å². The van der Waals surface area contributed by atoms with E-state index in [9.17, 15) is 8.42 Å². The van der Waals surface area contributed by atoms with Gasteiger partial charge in [0.05, 0.1) is 17.2 Å². The number of rotatable bonds is 1. The Kier molecular flexibility index (Phi) is 2.07. The van der Waals surface area contributed by atoms with Crippen LogP contribution in [0.2, 0.25) is 0 Å². The number of hydrogen-bond donors (Lipinski definition) is 2. The van der Waals surface area contributed by atoms with Crippen LogP contribution in [0.15, 0.2) is 12.1 Å². The normalized spacial score (nSPS) is 20.4. The van der Waals surface area contributed by atoms with Gasteiger partial charge in [0.25, 0.3) is 0 Å². The highest BCUT2D eigenvalue weighted by atomic mass is 32.2. The molecule has 2 heterocycles. The summed E-state index contributed by atoms with van der Waals surface area (Å²) in [5.41, 5.74) is 7.24. The van der Waals surface area contributed by atoms with Crippen molar-refractivity contribution < 1.29 is 8.42 Å². The van der Waals surface area contributed by atoms with Crippen LogP contribution in [0.4, 0.5) is 5.82 Å². The van der Waals surface area contributed by atoms with E-state index in [4.69, 9.17) is 5.73 Å². The van der Waals surface area contributed by atoms with Crippen LogP contribution in [0, 0.1) is 0 Å². The number of nitrogen functional groups attached to an aromatic ring is 1. The van der Waals surface area contributed by atoms with E-state index >= 15 is 0 Å². The highest BCUT2D eigenvalue weighted by Crippen LogP contribution is 2.22. The van der Waals surface area contributed by atoms with Gasteiger partial charge in [-0.15, -0.1) is 0 Å². The van der Waals surface area contributed by atoms with Gasteiger partial charge in [-0.05, 0) is 12.0 Å². The van der Waals surface area contributed by atoms with Gasteiger partial charge in [-0.3, -0.25) is 5.10 Å². The molecule has 1 aromatic heterocycles. The monoisotopic (exact) mass is 213 g/mol. The fourth-order valence-corrected chi connectivity index (χ4v) is 2.58. The molecule has 1 aliphatic heterocycles. The lowest BCUT2D eigenvalue weighted by atomic mass is 10.1. The van der Waals surface area contributed by atoms with Crippen LogP contribution in [0.3, 0.4) is 0 Å². The number of aromatic amines is 1. The lowest BCUT2D eigenvalue weighted by Crippen LogP contribution is -2.15. The van der Waals surface area contributed by atoms with E-state index in [-0.39, 0.29) is 11.5 Å². The zero-order valence-corrected chi connectivity index (χ0v) is 8.34. The minimum atomic E-state index is -2.86.